The maximum Gasteiger partial charge on any atom is 0.377 e. The van der Waals surface area contributed by atoms with E-state index in [1.165, 1.54) is 4.67 Å². The molecule has 25 heavy (non-hydrogen) atoms. The maximum absolute atomic E-state index is 13.9. The monoisotopic (exact) mass is 377 g/mol. The molecule has 1 aliphatic heterocycles. The molecule has 0 aliphatic carbocycles. The Bertz CT molecular complexity index is 809. The first-order valence-corrected chi connectivity index (χ1v) is 10.4. The van der Waals surface area contributed by atoms with Gasteiger partial charge in [-0.1, -0.05) is 44.2 Å². The van der Waals surface area contributed by atoms with Crippen LogP contribution in [-0.2, 0) is 4.57 Å². The molecule has 0 spiro atoms. The molecule has 0 N–H and O–H groups in total. The SMILES string of the molecule is CC(C)C[C@H](CCl)N1C(=O)c2ccccc2OP1(=O)c1ccccc1. The lowest BCUT2D eigenvalue weighted by Crippen LogP contribution is -2.45. The first-order chi connectivity index (χ1) is 12.0. The Balaban J connectivity index is 2.16. The second-order valence-corrected chi connectivity index (χ2v) is 9.01. The van der Waals surface area contributed by atoms with E-state index in [0.29, 0.717) is 29.0 Å². The lowest BCUT2D eigenvalue weighted by Gasteiger charge is -2.40. The third-order valence-electron chi connectivity index (χ3n) is 4.18. The number of hydrogen-bond acceptors (Lipinski definition) is 3. The molecule has 1 heterocycles. The average molecular weight is 378 g/mol. The fourth-order valence-corrected chi connectivity index (χ4v) is 5.82. The van der Waals surface area contributed by atoms with Crippen molar-refractivity contribution in [2.24, 2.45) is 5.92 Å². The van der Waals surface area contributed by atoms with Gasteiger partial charge in [-0.2, -0.15) is 0 Å². The first-order valence-electron chi connectivity index (χ1n) is 8.31. The fraction of sp³-hybridized carbons (Fsp3) is 0.316. The van der Waals surface area contributed by atoms with Crippen molar-refractivity contribution >= 4 is 30.3 Å². The Labute approximate surface area is 153 Å². The molecule has 2 atom stereocenters. The molecule has 2 aromatic rings. The van der Waals surface area contributed by atoms with E-state index in [0.717, 1.165) is 0 Å². The van der Waals surface area contributed by atoms with Crippen molar-refractivity contribution in [3.05, 3.63) is 60.2 Å². The molecule has 1 unspecified atom stereocenters. The third-order valence-corrected chi connectivity index (χ3v) is 7.01. The van der Waals surface area contributed by atoms with Crippen LogP contribution in [-0.4, -0.2) is 22.5 Å². The predicted octanol–water partition coefficient (Wildman–Crippen LogP) is 4.69. The summed E-state index contributed by atoms with van der Waals surface area (Å²) in [5.41, 5.74) is 0.420. The van der Waals surface area contributed by atoms with Crippen molar-refractivity contribution in [1.29, 1.82) is 0 Å². The van der Waals surface area contributed by atoms with E-state index in [2.05, 4.69) is 13.8 Å². The topological polar surface area (TPSA) is 46.6 Å². The van der Waals surface area contributed by atoms with E-state index in [1.54, 1.807) is 48.5 Å². The van der Waals surface area contributed by atoms with Gasteiger partial charge >= 0.3 is 7.52 Å². The molecule has 3 rings (SSSR count). The van der Waals surface area contributed by atoms with Gasteiger partial charge in [-0.05, 0) is 36.6 Å². The number of carbonyl (C=O) groups is 1. The highest BCUT2D eigenvalue weighted by Gasteiger charge is 2.47. The van der Waals surface area contributed by atoms with Gasteiger partial charge < -0.3 is 4.52 Å². The lowest BCUT2D eigenvalue weighted by atomic mass is 10.0. The van der Waals surface area contributed by atoms with Gasteiger partial charge in [0, 0.05) is 5.88 Å². The smallest absolute Gasteiger partial charge is 0.377 e. The molecular weight excluding hydrogens is 357 g/mol. The van der Waals surface area contributed by atoms with Crippen molar-refractivity contribution in [3.8, 4) is 5.75 Å². The zero-order chi connectivity index (χ0) is 18.0. The summed E-state index contributed by atoms with van der Waals surface area (Å²) < 4.78 is 21.3. The molecule has 0 saturated carbocycles. The Morgan fingerprint density at radius 1 is 1.08 bits per heavy atom. The second kappa shape index (κ2) is 7.23. The largest absolute Gasteiger partial charge is 0.425 e. The van der Waals surface area contributed by atoms with Gasteiger partial charge in [-0.25, -0.2) is 4.57 Å². The Morgan fingerprint density at radius 3 is 2.36 bits per heavy atom. The summed E-state index contributed by atoms with van der Waals surface area (Å²) >= 11 is 6.18. The molecule has 0 fully saturated rings. The minimum absolute atomic E-state index is 0.201. The molecule has 1 aliphatic rings. The van der Waals surface area contributed by atoms with Crippen molar-refractivity contribution in [2.75, 3.05) is 5.88 Å². The quantitative estimate of drug-likeness (QED) is 0.560. The number of alkyl halides is 1. The molecule has 132 valence electrons. The van der Waals surface area contributed by atoms with Crippen LogP contribution in [0.3, 0.4) is 0 Å². The maximum atomic E-state index is 13.9. The van der Waals surface area contributed by atoms with E-state index >= 15 is 0 Å². The van der Waals surface area contributed by atoms with Gasteiger partial charge in [-0.15, -0.1) is 11.6 Å². The summed E-state index contributed by atoms with van der Waals surface area (Å²) in [6.45, 7) is 4.10. The number of nitrogens with zero attached hydrogens (tertiary/aromatic N) is 1. The van der Waals surface area contributed by atoms with Crippen LogP contribution in [0.15, 0.2) is 54.6 Å². The minimum atomic E-state index is -3.59. The van der Waals surface area contributed by atoms with Crippen molar-refractivity contribution < 1.29 is 13.9 Å². The summed E-state index contributed by atoms with van der Waals surface area (Å²) in [5.74, 6) is 0.568. The molecule has 0 aromatic heterocycles. The molecule has 1 amide bonds. The highest BCUT2D eigenvalue weighted by atomic mass is 35.5. The van der Waals surface area contributed by atoms with Gasteiger partial charge in [0.2, 0.25) is 0 Å². The van der Waals surface area contributed by atoms with E-state index < -0.39 is 7.52 Å². The molecule has 0 bridgehead atoms. The zero-order valence-electron chi connectivity index (χ0n) is 14.3. The normalized spacial score (nSPS) is 21.0. The molecule has 0 saturated heterocycles. The number of rotatable bonds is 5. The van der Waals surface area contributed by atoms with Gasteiger partial charge in [0.15, 0.2) is 0 Å². The number of para-hydroxylation sites is 1. The van der Waals surface area contributed by atoms with Crippen LogP contribution in [0.4, 0.5) is 0 Å². The second-order valence-electron chi connectivity index (χ2n) is 6.53. The Hall–Kier alpha value is -1.77. The van der Waals surface area contributed by atoms with Gasteiger partial charge in [-0.3, -0.25) is 9.46 Å². The first kappa shape index (κ1) is 18.0. The predicted molar refractivity (Wildman–Crippen MR) is 101 cm³/mol. The van der Waals surface area contributed by atoms with Crippen LogP contribution in [0, 0.1) is 5.92 Å². The van der Waals surface area contributed by atoms with Gasteiger partial charge in [0.25, 0.3) is 5.91 Å². The molecule has 2 aromatic carbocycles. The molecule has 0 radical (unpaired) electrons. The zero-order valence-corrected chi connectivity index (χ0v) is 15.9. The average Bonchev–Trinajstić information content (AvgIpc) is 2.61. The Morgan fingerprint density at radius 2 is 1.72 bits per heavy atom. The van der Waals surface area contributed by atoms with Gasteiger partial charge in [0.1, 0.15) is 5.75 Å². The molecule has 6 heteroatoms. The lowest BCUT2D eigenvalue weighted by molar-refractivity contribution is 0.0788. The van der Waals surface area contributed by atoms with Crippen LogP contribution in [0.2, 0.25) is 0 Å². The van der Waals surface area contributed by atoms with E-state index in [4.69, 9.17) is 16.1 Å². The highest BCUT2D eigenvalue weighted by Crippen LogP contribution is 2.56. The van der Waals surface area contributed by atoms with Crippen LogP contribution in [0.25, 0.3) is 0 Å². The summed E-state index contributed by atoms with van der Waals surface area (Å²) in [6.07, 6.45) is 0.650. The van der Waals surface area contributed by atoms with Crippen molar-refractivity contribution in [3.63, 3.8) is 0 Å². The number of amides is 1. The number of fused-ring (bicyclic) bond motifs is 1. The number of benzene rings is 2. The van der Waals surface area contributed by atoms with Gasteiger partial charge in [0.05, 0.1) is 16.9 Å². The third kappa shape index (κ3) is 3.33. The van der Waals surface area contributed by atoms with Crippen molar-refractivity contribution in [2.45, 2.75) is 26.3 Å². The van der Waals surface area contributed by atoms with E-state index in [1.807, 2.05) is 6.07 Å². The highest BCUT2D eigenvalue weighted by molar-refractivity contribution is 7.65. The van der Waals surface area contributed by atoms with Crippen LogP contribution in [0.5, 0.6) is 5.75 Å². The number of halogens is 1. The number of hydrogen-bond donors (Lipinski definition) is 0. The summed E-state index contributed by atoms with van der Waals surface area (Å²) in [6, 6.07) is 15.4. The summed E-state index contributed by atoms with van der Waals surface area (Å²) in [7, 11) is -3.59. The standard InChI is InChI=1S/C19H21ClNO3P/c1-14(2)12-15(13-20)21-19(22)17-10-6-7-11-18(17)24-25(21,23)16-8-4-3-5-9-16/h3-11,14-15H,12-13H2,1-2H3/t15-,25?/m1/s1. The Kier molecular flexibility index (Phi) is 5.21. The number of carbonyl (C=O) groups excluding carboxylic acids is 1. The molecule has 4 nitrogen and oxygen atoms in total. The summed E-state index contributed by atoms with van der Waals surface area (Å²) in [5, 5.41) is 0.497. The molecular formula is C19H21ClNO3P. The summed E-state index contributed by atoms with van der Waals surface area (Å²) in [4.78, 5) is 13.2. The van der Waals surface area contributed by atoms with Crippen molar-refractivity contribution in [1.82, 2.24) is 4.67 Å². The van der Waals surface area contributed by atoms with Crippen LogP contribution < -0.4 is 9.83 Å². The van der Waals surface area contributed by atoms with Crippen LogP contribution in [0.1, 0.15) is 30.6 Å². The minimum Gasteiger partial charge on any atom is -0.425 e. The van der Waals surface area contributed by atoms with E-state index in [-0.39, 0.29) is 17.8 Å². The van der Waals surface area contributed by atoms with E-state index in [9.17, 15) is 9.36 Å². The van der Waals surface area contributed by atoms with Crippen LogP contribution >= 0.6 is 19.1 Å². The fourth-order valence-electron chi connectivity index (χ4n) is 3.09.